The molecule has 1 aliphatic heterocycles. The van der Waals surface area contributed by atoms with E-state index in [1.807, 2.05) is 6.92 Å². The van der Waals surface area contributed by atoms with Crippen LogP contribution >= 0.6 is 0 Å². The van der Waals surface area contributed by atoms with Crippen molar-refractivity contribution < 1.29 is 19.4 Å². The summed E-state index contributed by atoms with van der Waals surface area (Å²) in [4.78, 5) is 10.5. The second kappa shape index (κ2) is 3.57. The number of hydrogen-bond donors (Lipinski definition) is 1. The molecule has 0 aromatic heterocycles. The van der Waals surface area contributed by atoms with Crippen LogP contribution in [0.15, 0.2) is 0 Å². The maximum atomic E-state index is 10.5. The van der Waals surface area contributed by atoms with Crippen LogP contribution in [0.4, 0.5) is 4.79 Å². The van der Waals surface area contributed by atoms with Gasteiger partial charge in [0, 0.05) is 0 Å². The van der Waals surface area contributed by atoms with Crippen molar-refractivity contribution in [3.05, 3.63) is 0 Å². The molecule has 0 bridgehead atoms. The molecule has 1 fully saturated rings. The lowest BCUT2D eigenvalue weighted by Gasteiger charge is -2.10. The highest BCUT2D eigenvalue weighted by atomic mass is 16.8. The van der Waals surface area contributed by atoms with Crippen LogP contribution in [0.2, 0.25) is 0 Å². The van der Waals surface area contributed by atoms with Crippen LogP contribution < -0.4 is 0 Å². The van der Waals surface area contributed by atoms with Gasteiger partial charge in [0.05, 0.1) is 6.61 Å². The van der Waals surface area contributed by atoms with Gasteiger partial charge in [0.15, 0.2) is 6.10 Å². The molecule has 2 unspecified atom stereocenters. The van der Waals surface area contributed by atoms with Crippen molar-refractivity contribution in [1.82, 2.24) is 0 Å². The summed E-state index contributed by atoms with van der Waals surface area (Å²) in [7, 11) is 0. The zero-order chi connectivity index (χ0) is 8.27. The second-order valence-corrected chi connectivity index (χ2v) is 2.53. The molecular formula is C7H12O4. The number of carbonyl (C=O) groups is 1. The Labute approximate surface area is 65.1 Å². The topological polar surface area (TPSA) is 55.8 Å². The number of aliphatic hydroxyl groups excluding tert-OH is 1. The highest BCUT2D eigenvalue weighted by Crippen LogP contribution is 2.18. The Kier molecular flexibility index (Phi) is 2.70. The second-order valence-electron chi connectivity index (χ2n) is 2.53. The third kappa shape index (κ3) is 1.83. The van der Waals surface area contributed by atoms with Crippen LogP contribution in [0.5, 0.6) is 0 Å². The molecule has 0 radical (unpaired) electrons. The Morgan fingerprint density at radius 1 is 1.45 bits per heavy atom. The molecule has 4 heteroatoms. The number of cyclic esters (lactones) is 2. The van der Waals surface area contributed by atoms with Crippen LogP contribution in [0.1, 0.15) is 19.8 Å². The van der Waals surface area contributed by atoms with E-state index in [0.717, 1.165) is 12.8 Å². The molecule has 2 atom stereocenters. The smallest absolute Gasteiger partial charge is 0.427 e. The van der Waals surface area contributed by atoms with Gasteiger partial charge in [-0.25, -0.2) is 4.79 Å². The van der Waals surface area contributed by atoms with E-state index in [2.05, 4.69) is 4.74 Å². The average Bonchev–Trinajstić information content (AvgIpc) is 2.32. The van der Waals surface area contributed by atoms with Crippen LogP contribution in [0.3, 0.4) is 0 Å². The van der Waals surface area contributed by atoms with E-state index >= 15 is 0 Å². The highest BCUT2D eigenvalue weighted by Gasteiger charge is 2.34. The van der Waals surface area contributed by atoms with E-state index in [9.17, 15) is 4.79 Å². The SMILES string of the molecule is CCCC1OC(=O)OC1CO. The van der Waals surface area contributed by atoms with Crippen molar-refractivity contribution in [2.24, 2.45) is 0 Å². The molecule has 0 aliphatic carbocycles. The van der Waals surface area contributed by atoms with Gasteiger partial charge in [-0.1, -0.05) is 13.3 Å². The van der Waals surface area contributed by atoms with Crippen LogP contribution in [-0.2, 0) is 9.47 Å². The normalized spacial score (nSPS) is 29.8. The minimum absolute atomic E-state index is 0.156. The van der Waals surface area contributed by atoms with Crippen molar-refractivity contribution in [2.75, 3.05) is 6.61 Å². The van der Waals surface area contributed by atoms with Gasteiger partial charge in [0.1, 0.15) is 6.10 Å². The first-order valence-corrected chi connectivity index (χ1v) is 3.76. The van der Waals surface area contributed by atoms with Crippen molar-refractivity contribution in [1.29, 1.82) is 0 Å². The first kappa shape index (κ1) is 8.33. The number of rotatable bonds is 3. The van der Waals surface area contributed by atoms with Gasteiger partial charge in [-0.2, -0.15) is 0 Å². The van der Waals surface area contributed by atoms with Crippen LogP contribution in [0.25, 0.3) is 0 Å². The van der Waals surface area contributed by atoms with E-state index in [0.29, 0.717) is 0 Å². The quantitative estimate of drug-likeness (QED) is 0.617. The molecule has 0 spiro atoms. The standard InChI is InChI=1S/C7H12O4/c1-2-3-5-6(4-8)11-7(9)10-5/h5-6,8H,2-4H2,1H3. The maximum Gasteiger partial charge on any atom is 0.509 e. The molecule has 64 valence electrons. The van der Waals surface area contributed by atoms with Gasteiger partial charge in [-0.15, -0.1) is 0 Å². The summed E-state index contributed by atoms with van der Waals surface area (Å²) in [5, 5.41) is 8.72. The molecule has 11 heavy (non-hydrogen) atoms. The summed E-state index contributed by atoms with van der Waals surface area (Å²) in [6.45, 7) is 1.83. The fourth-order valence-electron chi connectivity index (χ4n) is 1.11. The lowest BCUT2D eigenvalue weighted by molar-refractivity contribution is 0.0791. The zero-order valence-electron chi connectivity index (χ0n) is 6.45. The van der Waals surface area contributed by atoms with E-state index < -0.39 is 12.3 Å². The lowest BCUT2D eigenvalue weighted by Crippen LogP contribution is -2.25. The number of aliphatic hydroxyl groups is 1. The fraction of sp³-hybridized carbons (Fsp3) is 0.857. The summed E-state index contributed by atoms with van der Waals surface area (Å²) in [5.74, 6) is 0. The molecule has 1 N–H and O–H groups in total. The molecular weight excluding hydrogens is 148 g/mol. The minimum atomic E-state index is -0.664. The Morgan fingerprint density at radius 3 is 2.64 bits per heavy atom. The Balaban J connectivity index is 2.43. The summed E-state index contributed by atoms with van der Waals surface area (Å²) in [5.41, 5.74) is 0. The van der Waals surface area contributed by atoms with Crippen molar-refractivity contribution in [2.45, 2.75) is 32.0 Å². The van der Waals surface area contributed by atoms with Gasteiger partial charge in [0.2, 0.25) is 0 Å². The average molecular weight is 160 g/mol. The number of ether oxygens (including phenoxy) is 2. The van der Waals surface area contributed by atoms with E-state index in [-0.39, 0.29) is 12.7 Å². The van der Waals surface area contributed by atoms with Gasteiger partial charge in [-0.05, 0) is 6.42 Å². The Hall–Kier alpha value is -0.770. The number of hydrogen-bond acceptors (Lipinski definition) is 4. The van der Waals surface area contributed by atoms with Gasteiger partial charge in [-0.3, -0.25) is 0 Å². The first-order valence-electron chi connectivity index (χ1n) is 3.76. The largest absolute Gasteiger partial charge is 0.509 e. The third-order valence-corrected chi connectivity index (χ3v) is 1.66. The summed E-state index contributed by atoms with van der Waals surface area (Å²) < 4.78 is 9.45. The third-order valence-electron chi connectivity index (χ3n) is 1.66. The van der Waals surface area contributed by atoms with E-state index in [1.165, 1.54) is 0 Å². The molecule has 4 nitrogen and oxygen atoms in total. The highest BCUT2D eigenvalue weighted by molar-refractivity contribution is 5.62. The zero-order valence-corrected chi connectivity index (χ0v) is 6.45. The van der Waals surface area contributed by atoms with Crippen molar-refractivity contribution in [3.63, 3.8) is 0 Å². The van der Waals surface area contributed by atoms with Gasteiger partial charge in [0.25, 0.3) is 0 Å². The van der Waals surface area contributed by atoms with Gasteiger partial charge >= 0.3 is 6.16 Å². The van der Waals surface area contributed by atoms with Crippen molar-refractivity contribution in [3.8, 4) is 0 Å². The fourth-order valence-corrected chi connectivity index (χ4v) is 1.11. The monoisotopic (exact) mass is 160 g/mol. The number of carbonyl (C=O) groups excluding carboxylic acids is 1. The summed E-state index contributed by atoms with van der Waals surface area (Å²) in [6.07, 6.45) is 0.289. The van der Waals surface area contributed by atoms with E-state index in [1.54, 1.807) is 0 Å². The summed E-state index contributed by atoms with van der Waals surface area (Å²) >= 11 is 0. The molecule has 1 rings (SSSR count). The van der Waals surface area contributed by atoms with Gasteiger partial charge < -0.3 is 14.6 Å². The molecule has 0 aromatic carbocycles. The van der Waals surface area contributed by atoms with Crippen molar-refractivity contribution >= 4 is 6.16 Å². The minimum Gasteiger partial charge on any atom is -0.427 e. The molecule has 0 amide bonds. The first-order chi connectivity index (χ1) is 5.27. The maximum absolute atomic E-state index is 10.5. The predicted octanol–water partition coefficient (Wildman–Crippen LogP) is 0.683. The summed E-state index contributed by atoms with van der Waals surface area (Å²) in [6, 6.07) is 0. The van der Waals surface area contributed by atoms with Crippen LogP contribution in [0, 0.1) is 0 Å². The molecule has 1 aliphatic rings. The van der Waals surface area contributed by atoms with Crippen LogP contribution in [-0.4, -0.2) is 30.1 Å². The van der Waals surface area contributed by atoms with E-state index in [4.69, 9.17) is 9.84 Å². The Bertz CT molecular complexity index is 145. The Morgan fingerprint density at radius 2 is 2.09 bits per heavy atom. The molecule has 1 saturated heterocycles. The molecule has 0 saturated carbocycles. The lowest BCUT2D eigenvalue weighted by atomic mass is 10.1. The molecule has 1 heterocycles. The molecule has 0 aromatic rings. The predicted molar refractivity (Wildman–Crippen MR) is 37.1 cm³/mol.